The number of halogens is 13. The molecule has 35 nitrogen and oxygen atoms in total. The summed E-state index contributed by atoms with van der Waals surface area (Å²) in [5.74, 6) is -1.69. The van der Waals surface area contributed by atoms with Crippen LogP contribution in [0.5, 0.6) is 23.5 Å². The highest BCUT2D eigenvalue weighted by atomic mass is 35.5. The molecule has 0 radical (unpaired) electrons. The molecule has 2 fully saturated rings. The number of hydrogen-bond donors (Lipinski definition) is 8. The molecule has 5 aromatic heterocycles. The van der Waals surface area contributed by atoms with E-state index in [4.69, 9.17) is 209 Å². The Morgan fingerprint density at radius 1 is 0.432 bits per heavy atom. The van der Waals surface area contributed by atoms with Crippen molar-refractivity contribution in [2.24, 2.45) is 0 Å². The van der Waals surface area contributed by atoms with E-state index < -0.39 is 47.9 Å². The second-order valence-corrected chi connectivity index (χ2v) is 34.4. The number of rotatable bonds is 19. The van der Waals surface area contributed by atoms with E-state index in [0.717, 1.165) is 25.9 Å². The van der Waals surface area contributed by atoms with E-state index in [9.17, 15) is 33.6 Å². The van der Waals surface area contributed by atoms with Gasteiger partial charge in [0.1, 0.15) is 39.7 Å². The second kappa shape index (κ2) is 53.1. The van der Waals surface area contributed by atoms with Gasteiger partial charge in [-0.05, 0) is 139 Å². The van der Waals surface area contributed by atoms with E-state index in [1.54, 1.807) is 87.5 Å². The Balaban J connectivity index is 0.000000335. The van der Waals surface area contributed by atoms with E-state index >= 15 is 0 Å². The number of benzene rings is 4. The lowest BCUT2D eigenvalue weighted by molar-refractivity contribution is 0.0432. The van der Waals surface area contributed by atoms with Crippen LogP contribution in [-0.4, -0.2) is 205 Å². The molecule has 9 aromatic rings. The molecule has 0 unspecified atom stereocenters. The van der Waals surface area contributed by atoms with Crippen LogP contribution in [0.4, 0.5) is 32.9 Å². The lowest BCUT2D eigenvalue weighted by Crippen LogP contribution is -2.54. The van der Waals surface area contributed by atoms with Crippen LogP contribution in [0.2, 0.25) is 60.8 Å². The summed E-state index contributed by atoms with van der Waals surface area (Å²) in [6.07, 6.45) is 2.32. The normalized spacial score (nSPS) is 12.7. The van der Waals surface area contributed by atoms with Crippen molar-refractivity contribution in [1.82, 2.24) is 65.8 Å². The van der Waals surface area contributed by atoms with Gasteiger partial charge in [-0.3, -0.25) is 9.59 Å². The molecule has 0 atom stereocenters. The molecule has 11 N–H and O–H groups in total. The summed E-state index contributed by atoms with van der Waals surface area (Å²) in [5, 5.41) is 28.9. The van der Waals surface area contributed by atoms with Crippen LogP contribution in [0.15, 0.2) is 72.8 Å². The zero-order valence-electron chi connectivity index (χ0n) is 74.3. The van der Waals surface area contributed by atoms with Gasteiger partial charge in [-0.15, -0.1) is 12.4 Å². The number of carbonyl (C=O) groups is 7. The number of anilines is 4. The van der Waals surface area contributed by atoms with Crippen molar-refractivity contribution in [2.75, 3.05) is 96.5 Å². The van der Waals surface area contributed by atoms with Crippen LogP contribution >= 0.6 is 152 Å². The minimum atomic E-state index is -1.57. The maximum atomic E-state index is 12.9. The highest BCUT2D eigenvalue weighted by molar-refractivity contribution is 6.64. The third kappa shape index (κ3) is 33.9. The predicted octanol–water partition coefficient (Wildman–Crippen LogP) is 18.3. The molecule has 2 aliphatic heterocycles. The molecule has 4 aromatic carbocycles. The Hall–Kier alpha value is -9.32. The second-order valence-electron chi connectivity index (χ2n) is 29.8. The van der Waals surface area contributed by atoms with Gasteiger partial charge in [0.05, 0.1) is 88.4 Å². The van der Waals surface area contributed by atoms with Crippen molar-refractivity contribution in [3.05, 3.63) is 162 Å². The standard InChI is InChI=1S/C25H32Cl2N4O5.C14H11Cl3N2O3.C14H13Cl2N3O3.C11H22N2O2.C7H8ClN3O2.C6H5BCl2O2.C6H5Cl2N3O.ClH/c1-7-35-22(32)19-20(29-21(34-6)18(28-19)15-9-8-10-16(26)17(15)27)31-13-11-25(5,12-14-31)30-23(33)36-24(2,3)4;2*1-3-22-14(20)11-12(17)19-13(21-2)10(18-11)7-5-4-6-8(15)9(7)16;1-10(2,3)15-9(14)13-11(4)5-7-12-8-6-11;1-3(12)4-6(9)11-7(13-2)5(8)10-4;8-5-3-1-2-4(6(5)9)7(10)11;1-2(12)3-6(9)11-5(8)4(7)10-3;/h8-10H,7,11-14H2,1-6H3,(H,30,33);4-6H,3H2,1-2H3;4-6H,3H2,1-2H3,(H2,17,19);12H,5-8H2,1-4H3,(H,13,14);1-2H3,(H2,9,11);1-3,10-11H;1H3,(H2,9,11);1H. The fourth-order valence-corrected chi connectivity index (χ4v) is 13.5. The summed E-state index contributed by atoms with van der Waals surface area (Å²) in [6, 6.07) is 19.8. The monoisotopic (exact) mass is 2090 g/mol. The first-order valence-electron chi connectivity index (χ1n) is 39.2. The first-order chi connectivity index (χ1) is 61.4. The van der Waals surface area contributed by atoms with E-state index in [1.165, 1.54) is 48.4 Å². The predicted molar refractivity (Wildman–Crippen MR) is 517 cm³/mol. The number of nitrogens with zero attached hydrogens (tertiary/aromatic N) is 11. The SMILES string of the molecule is CC(=O)c1nc(Cl)c(Cl)nc1N.CC1(NC(=O)OC(C)(C)C)CCNCC1.CCOC(=O)c1nc(-c2cccc(Cl)c2Cl)c(OC)nc1Cl.CCOC(=O)c1nc(-c2cccc(Cl)c2Cl)c(OC)nc1N.CCOC(=O)c1nc(-c2cccc(Cl)c2Cl)c(OC)nc1N1CCC(C)(NC(=O)OC(C)(C)C)CC1.COc1nc(N)c(C(C)=O)nc1Cl.Cl.OB(O)c1cccc(Cl)c1Cl. The number of hydrogen-bond acceptors (Lipinski definition) is 33. The lowest BCUT2D eigenvalue weighted by Gasteiger charge is -2.40. The molecule has 0 spiro atoms. The fraction of sp³-hybridized carbons (Fsp3) is 0.386. The number of Topliss-reactive ketones (excluding diaryl/α,β-unsaturated/α-hetero) is 2. The van der Waals surface area contributed by atoms with Gasteiger partial charge < -0.3 is 90.7 Å². The molecule has 11 rings (SSSR count). The van der Waals surface area contributed by atoms with Crippen molar-refractivity contribution in [3.8, 4) is 57.3 Å². The van der Waals surface area contributed by atoms with Gasteiger partial charge in [-0.2, -0.15) is 19.9 Å². The summed E-state index contributed by atoms with van der Waals surface area (Å²) in [7, 11) is 4.11. The van der Waals surface area contributed by atoms with Crippen LogP contribution < -0.4 is 62.5 Å². The largest absolute Gasteiger partial charge is 0.490 e. The van der Waals surface area contributed by atoms with Gasteiger partial charge in [0.25, 0.3) is 5.88 Å². The molecule has 2 amide bonds. The highest BCUT2D eigenvalue weighted by Crippen LogP contribution is 2.42. The van der Waals surface area contributed by atoms with Gasteiger partial charge >= 0.3 is 37.2 Å². The number of ketones is 2. The molecule has 0 bridgehead atoms. The number of piperidine rings is 2. The molecule has 7 heterocycles. The minimum absolute atomic E-state index is 0. The van der Waals surface area contributed by atoms with Crippen LogP contribution in [0.25, 0.3) is 33.8 Å². The first-order valence-corrected chi connectivity index (χ1v) is 43.7. The Bertz CT molecular complexity index is 5420. The number of methoxy groups -OCH3 is 4. The van der Waals surface area contributed by atoms with E-state index in [-0.39, 0.29) is 188 Å². The molecule has 2 saturated heterocycles. The van der Waals surface area contributed by atoms with Crippen molar-refractivity contribution in [1.29, 1.82) is 0 Å². The van der Waals surface area contributed by atoms with Gasteiger partial charge in [0, 0.05) is 60.2 Å². The summed E-state index contributed by atoms with van der Waals surface area (Å²) in [6.45, 7) is 26.3. The zero-order valence-corrected chi connectivity index (χ0v) is 84.2. The molecule has 716 valence electrons. The Morgan fingerprint density at radius 3 is 1.16 bits per heavy atom. The van der Waals surface area contributed by atoms with Crippen molar-refractivity contribution in [2.45, 2.75) is 138 Å². The number of carbonyl (C=O) groups excluding carboxylic acids is 7. The van der Waals surface area contributed by atoms with Gasteiger partial charge in [-0.25, -0.2) is 53.9 Å². The number of esters is 3. The Morgan fingerprint density at radius 2 is 0.765 bits per heavy atom. The van der Waals surface area contributed by atoms with Crippen molar-refractivity contribution < 1.29 is 86.2 Å². The molecular weight excluding hydrogens is 1990 g/mol. The molecule has 49 heteroatoms. The quantitative estimate of drug-likeness (QED) is 0.0161. The van der Waals surface area contributed by atoms with Crippen molar-refractivity contribution >= 4 is 229 Å². The summed E-state index contributed by atoms with van der Waals surface area (Å²) in [5.41, 5.74) is 17.3. The molecule has 0 saturated carbocycles. The number of nitrogens with one attached hydrogen (secondary N) is 3. The maximum Gasteiger partial charge on any atom is 0.490 e. The third-order valence-corrected chi connectivity index (χ3v) is 21.9. The lowest BCUT2D eigenvalue weighted by atomic mass is 9.80. The average molecular weight is 2090 g/mol. The number of nitrogen functional groups attached to an aromatic ring is 3. The summed E-state index contributed by atoms with van der Waals surface area (Å²) < 4.78 is 46.4. The molecule has 2 aliphatic rings. The zero-order chi connectivity index (χ0) is 98.5. The van der Waals surface area contributed by atoms with Crippen LogP contribution in [0.1, 0.15) is 168 Å². The topological polar surface area (TPSA) is 489 Å². The maximum absolute atomic E-state index is 12.9. The number of nitrogens with two attached hydrogens (primary N) is 3. The minimum Gasteiger partial charge on any atom is -0.479 e. The number of ether oxygens (including phenoxy) is 9. The van der Waals surface area contributed by atoms with Gasteiger partial charge in [0.15, 0.2) is 72.5 Å². The van der Waals surface area contributed by atoms with Gasteiger partial charge in [-0.1, -0.05) is 188 Å². The third-order valence-electron chi connectivity index (χ3n) is 17.5. The van der Waals surface area contributed by atoms with Crippen LogP contribution in [0, 0.1) is 0 Å². The number of aromatic nitrogens is 10. The highest BCUT2D eigenvalue weighted by Gasteiger charge is 2.38. The number of amides is 2. The van der Waals surface area contributed by atoms with Crippen LogP contribution in [-0.2, 0) is 23.7 Å². The van der Waals surface area contributed by atoms with E-state index in [0.29, 0.717) is 68.5 Å². The van der Waals surface area contributed by atoms with Crippen LogP contribution in [0.3, 0.4) is 0 Å². The Kier molecular flexibility index (Phi) is 46.3. The van der Waals surface area contributed by atoms with Crippen molar-refractivity contribution in [3.63, 3.8) is 0 Å². The smallest absolute Gasteiger partial charge is 0.479 e. The van der Waals surface area contributed by atoms with E-state index in [2.05, 4.69) is 72.7 Å². The molecule has 0 aliphatic carbocycles. The fourth-order valence-electron chi connectivity index (χ4n) is 11.2. The summed E-state index contributed by atoms with van der Waals surface area (Å²) in [4.78, 5) is 125. The van der Waals surface area contributed by atoms with E-state index in [1.807, 2.05) is 53.4 Å². The average Bonchev–Trinajstić information content (AvgIpc) is 0.780. The first kappa shape index (κ1) is 115. The summed E-state index contributed by atoms with van der Waals surface area (Å²) >= 11 is 70.9. The van der Waals surface area contributed by atoms with Gasteiger partial charge in [0.2, 0.25) is 17.6 Å². The Labute approximate surface area is 828 Å². The molecular formula is C83H97BCl13N17O18. The molecule has 132 heavy (non-hydrogen) atoms. The number of alkyl carbamates (subject to hydrolysis) is 2.